The van der Waals surface area contributed by atoms with Gasteiger partial charge in [0.2, 0.25) is 0 Å². The minimum atomic E-state index is 0. The van der Waals surface area contributed by atoms with Crippen molar-refractivity contribution in [2.75, 3.05) is 0 Å². The second-order valence-electron chi connectivity index (χ2n) is 4.44. The molecule has 0 aliphatic rings. The normalized spacial score (nSPS) is 9.59. The van der Waals surface area contributed by atoms with Crippen molar-refractivity contribution in [2.24, 2.45) is 0 Å². The first-order valence-electron chi connectivity index (χ1n) is 5.64. The van der Waals surface area contributed by atoms with Crippen molar-refractivity contribution < 1.29 is 32.7 Å². The van der Waals surface area contributed by atoms with Gasteiger partial charge in [0.05, 0.1) is 0 Å². The fourth-order valence-corrected chi connectivity index (χ4v) is 1.74. The Balaban J connectivity index is 0.00000144. The van der Waals surface area contributed by atoms with E-state index in [0.29, 0.717) is 0 Å². The maximum atomic E-state index is 2.19. The molecule has 0 unspecified atom stereocenters. The molecule has 17 heavy (non-hydrogen) atoms. The van der Waals surface area contributed by atoms with Crippen LogP contribution in [-0.4, -0.2) is 0 Å². The number of hydrogen-bond acceptors (Lipinski definition) is 0. The Morgan fingerprint density at radius 2 is 1.12 bits per heavy atom. The van der Waals surface area contributed by atoms with Gasteiger partial charge in [0.1, 0.15) is 0 Å². The topological polar surface area (TPSA) is 0 Å². The van der Waals surface area contributed by atoms with Crippen molar-refractivity contribution in [1.82, 2.24) is 0 Å². The van der Waals surface area contributed by atoms with Gasteiger partial charge in [-0.05, 0) is 18.1 Å². The molecule has 2 rings (SSSR count). The van der Waals surface area contributed by atoms with Crippen molar-refractivity contribution in [3.8, 4) is 11.1 Å². The molecule has 85 valence electrons. The van der Waals surface area contributed by atoms with Crippen LogP contribution in [0.4, 0.5) is 0 Å². The summed E-state index contributed by atoms with van der Waals surface area (Å²) < 4.78 is 0. The molecule has 0 aliphatic heterocycles. The summed E-state index contributed by atoms with van der Waals surface area (Å²) in [4.78, 5) is 0. The van der Waals surface area contributed by atoms with E-state index in [2.05, 4.69) is 69.3 Å². The molecule has 0 bridgehead atoms. The van der Waals surface area contributed by atoms with Crippen LogP contribution in [0, 0.1) is 12.8 Å². The van der Waals surface area contributed by atoms with Crippen LogP contribution in [0.1, 0.15) is 25.0 Å². The van der Waals surface area contributed by atoms with Gasteiger partial charge in [0, 0.05) is 32.7 Å². The van der Waals surface area contributed by atoms with Gasteiger partial charge in [0.15, 0.2) is 0 Å². The molecule has 0 aromatic heterocycles. The summed E-state index contributed by atoms with van der Waals surface area (Å²) in [6.45, 7) is 6.39. The van der Waals surface area contributed by atoms with E-state index < -0.39 is 0 Å². The summed E-state index contributed by atoms with van der Waals surface area (Å²) in [7, 11) is 0. The van der Waals surface area contributed by atoms with E-state index in [4.69, 9.17) is 0 Å². The van der Waals surface area contributed by atoms with E-state index in [1.54, 1.807) is 0 Å². The van der Waals surface area contributed by atoms with Crippen LogP contribution in [0.5, 0.6) is 0 Å². The summed E-state index contributed by atoms with van der Waals surface area (Å²) in [6.07, 6.45) is 0. The molecule has 0 heterocycles. The Hall–Kier alpha value is -0.586. The summed E-state index contributed by atoms with van der Waals surface area (Å²) in [5, 5.41) is 0. The molecular weight excluding hydrogens is 281 g/mol. The Morgan fingerprint density at radius 1 is 0.706 bits per heavy atom. The number of benzene rings is 2. The predicted molar refractivity (Wildman–Crippen MR) is 70.3 cm³/mol. The molecule has 0 nitrogen and oxygen atoms in total. The van der Waals surface area contributed by atoms with Gasteiger partial charge in [-0.25, -0.2) is 0 Å². The smallest absolute Gasteiger partial charge is 0 e. The quantitative estimate of drug-likeness (QED) is 0.710. The van der Waals surface area contributed by atoms with E-state index in [0.717, 1.165) is 0 Å². The van der Waals surface area contributed by atoms with Crippen molar-refractivity contribution in [3.63, 3.8) is 0 Å². The maximum absolute atomic E-state index is 2.19. The molecule has 0 amide bonds. The average Bonchev–Trinajstić information content (AvgIpc) is 2.30. The molecule has 0 N–H and O–H groups in total. The van der Waals surface area contributed by atoms with E-state index in [1.165, 1.54) is 28.2 Å². The zero-order valence-electron chi connectivity index (χ0n) is 10.7. The van der Waals surface area contributed by atoms with E-state index in [1.807, 2.05) is 0 Å². The van der Waals surface area contributed by atoms with E-state index in [-0.39, 0.29) is 32.7 Å². The molecule has 2 aromatic carbocycles. The van der Waals surface area contributed by atoms with E-state index in [9.17, 15) is 0 Å². The molecule has 2 aromatic rings. The molecule has 0 fully saturated rings. The first kappa shape index (κ1) is 14.5. The third-order valence-electron chi connectivity index (χ3n) is 2.85. The predicted octanol–water partition coefficient (Wildman–Crippen LogP) is 4.62. The average molecular weight is 298 g/mol. The van der Waals surface area contributed by atoms with Crippen molar-refractivity contribution in [2.45, 2.75) is 20.8 Å². The third kappa shape index (κ3) is 3.69. The molecule has 0 spiro atoms. The number of rotatable bonds is 2. The minimum absolute atomic E-state index is 0. The third-order valence-corrected chi connectivity index (χ3v) is 2.85. The van der Waals surface area contributed by atoms with Gasteiger partial charge in [-0.15, -0.1) is 12.1 Å². The minimum Gasteiger partial charge on any atom is -0.189 e. The van der Waals surface area contributed by atoms with E-state index >= 15 is 0 Å². The van der Waals surface area contributed by atoms with Crippen molar-refractivity contribution in [3.05, 3.63) is 65.6 Å². The summed E-state index contributed by atoms with van der Waals surface area (Å²) in [5.41, 5.74) is 5.19. The Labute approximate surface area is 129 Å². The van der Waals surface area contributed by atoms with Crippen LogP contribution < -0.4 is 0 Å². The van der Waals surface area contributed by atoms with Gasteiger partial charge in [-0.3, -0.25) is 0 Å². The monoisotopic (exact) mass is 298 g/mol. The van der Waals surface area contributed by atoms with Gasteiger partial charge < -0.3 is 0 Å². The molecule has 1 radical (unpaired) electrons. The first-order chi connectivity index (χ1) is 7.66. The fourth-order valence-electron chi connectivity index (χ4n) is 1.74. The molecule has 0 atom stereocenters. The molecular formula is C16H17Y-. The Bertz CT molecular complexity index is 452. The molecule has 0 aliphatic carbocycles. The van der Waals surface area contributed by atoms with Crippen LogP contribution in [-0.2, 0) is 32.7 Å². The number of hydrogen-bond donors (Lipinski definition) is 0. The van der Waals surface area contributed by atoms with Crippen LogP contribution in [0.3, 0.4) is 0 Å². The van der Waals surface area contributed by atoms with Crippen LogP contribution in [0.25, 0.3) is 11.1 Å². The Kier molecular flexibility index (Phi) is 5.43. The Morgan fingerprint density at radius 3 is 1.53 bits per heavy atom. The second kappa shape index (κ2) is 6.37. The summed E-state index contributed by atoms with van der Waals surface area (Å²) >= 11 is 0. The van der Waals surface area contributed by atoms with Gasteiger partial charge in [-0.2, -0.15) is 23.6 Å². The summed E-state index contributed by atoms with van der Waals surface area (Å²) in [5.74, 6) is 1.36. The van der Waals surface area contributed by atoms with Crippen LogP contribution in [0.15, 0.2) is 48.5 Å². The van der Waals surface area contributed by atoms with Gasteiger partial charge in [-0.1, -0.05) is 43.7 Å². The first-order valence-corrected chi connectivity index (χ1v) is 5.64. The number of aryl methyl sites for hydroxylation is 1. The molecule has 1 heteroatoms. The van der Waals surface area contributed by atoms with Crippen LogP contribution in [0.2, 0.25) is 0 Å². The molecule has 0 saturated carbocycles. The van der Waals surface area contributed by atoms with Crippen molar-refractivity contribution >= 4 is 0 Å². The maximum Gasteiger partial charge on any atom is 0 e. The fraction of sp³-hybridized carbons (Fsp3) is 0.188. The largest absolute Gasteiger partial charge is 0.189 e. The van der Waals surface area contributed by atoms with Crippen molar-refractivity contribution in [1.29, 1.82) is 0 Å². The van der Waals surface area contributed by atoms with Gasteiger partial charge >= 0.3 is 0 Å². The van der Waals surface area contributed by atoms with Crippen LogP contribution >= 0.6 is 0 Å². The zero-order valence-corrected chi connectivity index (χ0v) is 13.5. The zero-order chi connectivity index (χ0) is 11.5. The van der Waals surface area contributed by atoms with Gasteiger partial charge in [0.25, 0.3) is 0 Å². The molecule has 0 saturated heterocycles. The standard InChI is InChI=1S/C16H17.Y/c1-12(2)14-8-10-16(11-9-14)15-6-4-13(3)5-7-15;/h4-11H,1-3H3;/q-1;. The SMILES string of the molecule is Cc1ccc(-c2ccc([C-](C)C)cc2)cc1.[Y]. The summed E-state index contributed by atoms with van der Waals surface area (Å²) in [6, 6.07) is 17.4. The second-order valence-corrected chi connectivity index (χ2v) is 4.44.